The Morgan fingerprint density at radius 2 is 1.32 bits per heavy atom. The molecule has 2 aromatic carbocycles. The van der Waals surface area contributed by atoms with E-state index in [1.807, 2.05) is 60.7 Å². The van der Waals surface area contributed by atoms with Crippen LogP contribution < -0.4 is 0 Å². The SMILES string of the molecule is CS(=O)(=O)C(CCN1CCCCC1)(c1ccccc1)c1ccccc1. The fraction of sp³-hybridized carbons (Fsp3) is 0.429. The van der Waals surface area contributed by atoms with E-state index in [9.17, 15) is 8.42 Å². The van der Waals surface area contributed by atoms with Crippen molar-refractivity contribution in [2.24, 2.45) is 0 Å². The highest BCUT2D eigenvalue weighted by atomic mass is 32.2. The summed E-state index contributed by atoms with van der Waals surface area (Å²) in [4.78, 5) is 2.41. The van der Waals surface area contributed by atoms with Gasteiger partial charge in [0.15, 0.2) is 9.84 Å². The number of rotatable bonds is 6. The molecular weight excluding hydrogens is 330 g/mol. The lowest BCUT2D eigenvalue weighted by atomic mass is 9.87. The molecule has 0 saturated carbocycles. The lowest BCUT2D eigenvalue weighted by molar-refractivity contribution is 0.220. The highest BCUT2D eigenvalue weighted by molar-refractivity contribution is 7.91. The van der Waals surface area contributed by atoms with Crippen molar-refractivity contribution < 1.29 is 8.42 Å². The van der Waals surface area contributed by atoms with Crippen LogP contribution >= 0.6 is 0 Å². The predicted molar refractivity (Wildman–Crippen MR) is 103 cm³/mol. The monoisotopic (exact) mass is 357 g/mol. The van der Waals surface area contributed by atoms with Crippen molar-refractivity contribution in [1.82, 2.24) is 4.90 Å². The van der Waals surface area contributed by atoms with Crippen LogP contribution in [0.25, 0.3) is 0 Å². The van der Waals surface area contributed by atoms with Crippen LogP contribution in [0.15, 0.2) is 60.7 Å². The first kappa shape index (κ1) is 18.2. The molecule has 1 saturated heterocycles. The molecule has 3 nitrogen and oxygen atoms in total. The van der Waals surface area contributed by atoms with Gasteiger partial charge >= 0.3 is 0 Å². The van der Waals surface area contributed by atoms with Crippen LogP contribution in [-0.4, -0.2) is 39.2 Å². The zero-order valence-electron chi connectivity index (χ0n) is 14.9. The summed E-state index contributed by atoms with van der Waals surface area (Å²) in [7, 11) is -3.36. The lowest BCUT2D eigenvalue weighted by Gasteiger charge is -2.36. The Labute approximate surface area is 151 Å². The second kappa shape index (κ2) is 7.71. The second-order valence-electron chi connectivity index (χ2n) is 6.98. The highest BCUT2D eigenvalue weighted by Gasteiger charge is 2.44. The van der Waals surface area contributed by atoms with Crippen molar-refractivity contribution >= 4 is 9.84 Å². The minimum Gasteiger partial charge on any atom is -0.303 e. The summed E-state index contributed by atoms with van der Waals surface area (Å²) in [5.74, 6) is 0. The molecule has 0 aromatic heterocycles. The Hall–Kier alpha value is -1.65. The Kier molecular flexibility index (Phi) is 5.60. The summed E-state index contributed by atoms with van der Waals surface area (Å²) >= 11 is 0. The van der Waals surface area contributed by atoms with Gasteiger partial charge in [-0.1, -0.05) is 67.1 Å². The van der Waals surface area contributed by atoms with Gasteiger partial charge in [0.2, 0.25) is 0 Å². The van der Waals surface area contributed by atoms with Gasteiger partial charge in [0, 0.05) is 12.8 Å². The second-order valence-corrected chi connectivity index (χ2v) is 9.22. The third-order valence-electron chi connectivity index (χ3n) is 5.34. The molecule has 0 aliphatic carbocycles. The molecule has 2 aromatic rings. The van der Waals surface area contributed by atoms with Gasteiger partial charge in [-0.25, -0.2) is 8.42 Å². The quantitative estimate of drug-likeness (QED) is 0.788. The molecule has 0 atom stereocenters. The Morgan fingerprint density at radius 1 is 0.840 bits per heavy atom. The maximum absolute atomic E-state index is 13.1. The molecule has 1 fully saturated rings. The summed E-state index contributed by atoms with van der Waals surface area (Å²) in [5.41, 5.74) is 1.72. The van der Waals surface area contributed by atoms with Crippen LogP contribution in [0.1, 0.15) is 36.8 Å². The number of hydrogen-bond acceptors (Lipinski definition) is 3. The molecule has 0 radical (unpaired) electrons. The minimum absolute atomic E-state index is 0.583. The van der Waals surface area contributed by atoms with E-state index in [0.29, 0.717) is 6.42 Å². The van der Waals surface area contributed by atoms with E-state index in [1.54, 1.807) is 0 Å². The van der Waals surface area contributed by atoms with Crippen LogP contribution in [-0.2, 0) is 14.6 Å². The maximum atomic E-state index is 13.1. The molecule has 3 rings (SSSR count). The van der Waals surface area contributed by atoms with Crippen molar-refractivity contribution in [3.63, 3.8) is 0 Å². The third-order valence-corrected chi connectivity index (χ3v) is 7.28. The van der Waals surface area contributed by atoms with Crippen molar-refractivity contribution in [3.05, 3.63) is 71.8 Å². The summed E-state index contributed by atoms with van der Waals surface area (Å²) in [6.07, 6.45) is 5.67. The Balaban J connectivity index is 2.05. The summed E-state index contributed by atoms with van der Waals surface area (Å²) in [6, 6.07) is 19.4. The molecule has 0 bridgehead atoms. The van der Waals surface area contributed by atoms with E-state index in [2.05, 4.69) is 4.90 Å². The Bertz CT molecular complexity index is 727. The van der Waals surface area contributed by atoms with E-state index in [0.717, 1.165) is 30.8 Å². The van der Waals surface area contributed by atoms with Gasteiger partial charge in [0.25, 0.3) is 0 Å². The average molecular weight is 358 g/mol. The summed E-state index contributed by atoms with van der Waals surface area (Å²) in [6.45, 7) is 2.95. The minimum atomic E-state index is -3.36. The largest absolute Gasteiger partial charge is 0.303 e. The van der Waals surface area contributed by atoms with Gasteiger partial charge in [0.05, 0.1) is 0 Å². The number of benzene rings is 2. The molecule has 0 unspecified atom stereocenters. The zero-order valence-corrected chi connectivity index (χ0v) is 15.7. The number of hydrogen-bond donors (Lipinski definition) is 0. The standard InChI is InChI=1S/C21H27NO2S/c1-25(23,24)21(19-11-5-2-6-12-19,20-13-7-3-8-14-20)15-18-22-16-9-4-10-17-22/h2-3,5-8,11-14H,4,9-10,15-18H2,1H3. The molecule has 0 N–H and O–H groups in total. The van der Waals surface area contributed by atoms with E-state index >= 15 is 0 Å². The van der Waals surface area contributed by atoms with Gasteiger partial charge in [-0.3, -0.25) is 0 Å². The van der Waals surface area contributed by atoms with Crippen LogP contribution in [0.4, 0.5) is 0 Å². The molecule has 134 valence electrons. The summed E-state index contributed by atoms with van der Waals surface area (Å²) in [5, 5.41) is 0. The van der Waals surface area contributed by atoms with E-state index in [1.165, 1.54) is 25.5 Å². The topological polar surface area (TPSA) is 37.4 Å². The normalized spacial score (nSPS) is 16.7. The number of piperidine rings is 1. The van der Waals surface area contributed by atoms with Crippen LogP contribution in [0.3, 0.4) is 0 Å². The number of nitrogens with zero attached hydrogens (tertiary/aromatic N) is 1. The fourth-order valence-corrected chi connectivity index (χ4v) is 5.57. The van der Waals surface area contributed by atoms with Crippen LogP contribution in [0, 0.1) is 0 Å². The number of sulfone groups is 1. The smallest absolute Gasteiger partial charge is 0.161 e. The van der Waals surface area contributed by atoms with E-state index in [4.69, 9.17) is 0 Å². The van der Waals surface area contributed by atoms with Gasteiger partial charge < -0.3 is 4.90 Å². The van der Waals surface area contributed by atoms with Gasteiger partial charge in [-0.15, -0.1) is 0 Å². The lowest BCUT2D eigenvalue weighted by Crippen LogP contribution is -2.41. The third kappa shape index (κ3) is 3.80. The van der Waals surface area contributed by atoms with Crippen molar-refractivity contribution in [2.75, 3.05) is 25.9 Å². The first-order chi connectivity index (χ1) is 12.0. The predicted octanol–water partition coefficient (Wildman–Crippen LogP) is 3.85. The van der Waals surface area contributed by atoms with E-state index in [-0.39, 0.29) is 0 Å². The van der Waals surface area contributed by atoms with Gasteiger partial charge in [0.1, 0.15) is 4.75 Å². The first-order valence-corrected chi connectivity index (χ1v) is 11.0. The fourth-order valence-electron chi connectivity index (χ4n) is 3.98. The zero-order chi connectivity index (χ0) is 17.8. The summed E-state index contributed by atoms with van der Waals surface area (Å²) < 4.78 is 25.2. The highest BCUT2D eigenvalue weighted by Crippen LogP contribution is 2.40. The van der Waals surface area contributed by atoms with E-state index < -0.39 is 14.6 Å². The van der Waals surface area contributed by atoms with Gasteiger partial charge in [-0.2, -0.15) is 0 Å². The molecule has 25 heavy (non-hydrogen) atoms. The number of likely N-dealkylation sites (tertiary alicyclic amines) is 1. The maximum Gasteiger partial charge on any atom is 0.161 e. The average Bonchev–Trinajstić information content (AvgIpc) is 2.64. The Morgan fingerprint density at radius 3 is 1.76 bits per heavy atom. The molecular formula is C21H27NO2S. The van der Waals surface area contributed by atoms with Crippen LogP contribution in [0.5, 0.6) is 0 Å². The van der Waals surface area contributed by atoms with Crippen LogP contribution in [0.2, 0.25) is 0 Å². The van der Waals surface area contributed by atoms with Crippen molar-refractivity contribution in [3.8, 4) is 0 Å². The molecule has 1 aliphatic heterocycles. The molecule has 4 heteroatoms. The van der Waals surface area contributed by atoms with Gasteiger partial charge in [-0.05, 0) is 43.5 Å². The first-order valence-electron chi connectivity index (χ1n) is 9.07. The molecule has 1 aliphatic rings. The molecule has 0 spiro atoms. The van der Waals surface area contributed by atoms with Crippen molar-refractivity contribution in [2.45, 2.75) is 30.4 Å². The van der Waals surface area contributed by atoms with Crippen molar-refractivity contribution in [1.29, 1.82) is 0 Å². The molecule has 1 heterocycles. The molecule has 0 amide bonds.